The van der Waals surface area contributed by atoms with Gasteiger partial charge in [0.1, 0.15) is 11.5 Å². The second-order valence-electron chi connectivity index (χ2n) is 5.95. The van der Waals surface area contributed by atoms with Crippen LogP contribution in [0.1, 0.15) is 22.3 Å². The Morgan fingerprint density at radius 1 is 0.833 bits per heavy atom. The van der Waals surface area contributed by atoms with Gasteiger partial charge < -0.3 is 11.1 Å². The van der Waals surface area contributed by atoms with Gasteiger partial charge in [0.25, 0.3) is 0 Å². The smallest absolute Gasteiger partial charge is 0.139 e. The van der Waals surface area contributed by atoms with Crippen LogP contribution >= 0.6 is 0 Å². The Balaban J connectivity index is 1.93. The van der Waals surface area contributed by atoms with E-state index in [0.717, 1.165) is 28.0 Å². The summed E-state index contributed by atoms with van der Waals surface area (Å²) in [6.45, 7) is 0. The van der Waals surface area contributed by atoms with E-state index in [2.05, 4.69) is 5.32 Å². The first-order chi connectivity index (χ1) is 11.7. The van der Waals surface area contributed by atoms with Crippen molar-refractivity contribution in [2.45, 2.75) is 5.66 Å². The van der Waals surface area contributed by atoms with Crippen LogP contribution in [0.15, 0.2) is 78.9 Å². The number of halogens is 1. The van der Waals surface area contributed by atoms with Crippen LogP contribution in [0.5, 0.6) is 0 Å². The van der Waals surface area contributed by atoms with Gasteiger partial charge in [-0.15, -0.1) is 0 Å². The minimum atomic E-state index is -0.987. The summed E-state index contributed by atoms with van der Waals surface area (Å²) in [5, 5.41) is 3.42. The maximum Gasteiger partial charge on any atom is 0.139 e. The zero-order valence-electron chi connectivity index (χ0n) is 13.0. The van der Waals surface area contributed by atoms with Crippen molar-refractivity contribution in [1.82, 2.24) is 5.32 Å². The molecule has 1 aliphatic rings. The Hall–Kier alpha value is -2.91. The molecule has 3 aromatic carbocycles. The molecule has 0 aromatic heterocycles. The van der Waals surface area contributed by atoms with Gasteiger partial charge in [0.2, 0.25) is 0 Å². The summed E-state index contributed by atoms with van der Waals surface area (Å²) >= 11 is 0. The number of hydrogen-bond donors (Lipinski definition) is 2. The molecule has 3 N–H and O–H groups in total. The van der Waals surface area contributed by atoms with Gasteiger partial charge in [0.05, 0.1) is 0 Å². The maximum atomic E-state index is 13.9. The molecule has 2 nitrogen and oxygen atoms in total. The Morgan fingerprint density at radius 3 is 2.21 bits per heavy atom. The van der Waals surface area contributed by atoms with Crippen LogP contribution in [-0.4, -0.2) is 0 Å². The fourth-order valence-electron chi connectivity index (χ4n) is 3.17. The Kier molecular flexibility index (Phi) is 3.44. The summed E-state index contributed by atoms with van der Waals surface area (Å²) in [6.07, 6.45) is 2.01. The highest BCUT2D eigenvalue weighted by atomic mass is 19.1. The molecule has 0 radical (unpaired) electrons. The predicted octanol–water partition coefficient (Wildman–Crippen LogP) is 4.09. The van der Waals surface area contributed by atoms with Gasteiger partial charge >= 0.3 is 0 Å². The second kappa shape index (κ2) is 5.62. The van der Waals surface area contributed by atoms with Crippen LogP contribution in [0.25, 0.3) is 11.8 Å². The SMILES string of the molecule is NC1(c2ccccc2)NC(c2ccccc2)=Cc2ccc(F)cc21. The summed E-state index contributed by atoms with van der Waals surface area (Å²) in [7, 11) is 0. The van der Waals surface area contributed by atoms with Crippen molar-refractivity contribution in [3.05, 3.63) is 107 Å². The zero-order valence-corrected chi connectivity index (χ0v) is 13.0. The molecule has 1 heterocycles. The number of hydrogen-bond acceptors (Lipinski definition) is 2. The van der Waals surface area contributed by atoms with E-state index in [9.17, 15) is 4.39 Å². The van der Waals surface area contributed by atoms with Gasteiger partial charge in [-0.05, 0) is 34.9 Å². The van der Waals surface area contributed by atoms with Crippen LogP contribution in [0.3, 0.4) is 0 Å². The molecule has 0 bridgehead atoms. The lowest BCUT2D eigenvalue weighted by Gasteiger charge is -2.38. The predicted molar refractivity (Wildman–Crippen MR) is 95.3 cm³/mol. The maximum absolute atomic E-state index is 13.9. The highest BCUT2D eigenvalue weighted by Gasteiger charge is 2.35. The minimum absolute atomic E-state index is 0.294. The molecule has 1 aliphatic heterocycles. The van der Waals surface area contributed by atoms with Crippen molar-refractivity contribution < 1.29 is 4.39 Å². The van der Waals surface area contributed by atoms with E-state index in [1.54, 1.807) is 6.07 Å². The molecule has 118 valence electrons. The van der Waals surface area contributed by atoms with Gasteiger partial charge in [0, 0.05) is 11.3 Å². The molecule has 24 heavy (non-hydrogen) atoms. The fourth-order valence-corrected chi connectivity index (χ4v) is 3.17. The second-order valence-corrected chi connectivity index (χ2v) is 5.95. The van der Waals surface area contributed by atoms with Crippen LogP contribution in [-0.2, 0) is 5.66 Å². The largest absolute Gasteiger partial charge is 0.359 e. The lowest BCUT2D eigenvalue weighted by molar-refractivity contribution is 0.479. The average molecular weight is 316 g/mol. The molecule has 0 saturated carbocycles. The van der Waals surface area contributed by atoms with Crippen LogP contribution < -0.4 is 11.1 Å². The lowest BCUT2D eigenvalue weighted by atomic mass is 9.84. The van der Waals surface area contributed by atoms with Gasteiger partial charge in [-0.3, -0.25) is 0 Å². The van der Waals surface area contributed by atoms with Gasteiger partial charge in [-0.2, -0.15) is 0 Å². The normalized spacial score (nSPS) is 19.2. The Morgan fingerprint density at radius 2 is 1.50 bits per heavy atom. The molecule has 0 amide bonds. The van der Waals surface area contributed by atoms with E-state index >= 15 is 0 Å². The van der Waals surface area contributed by atoms with Gasteiger partial charge in [0.15, 0.2) is 0 Å². The number of rotatable bonds is 2. The van der Waals surface area contributed by atoms with E-state index < -0.39 is 5.66 Å². The summed E-state index contributed by atoms with van der Waals surface area (Å²) < 4.78 is 13.9. The molecule has 3 heteroatoms. The van der Waals surface area contributed by atoms with Crippen molar-refractivity contribution in [1.29, 1.82) is 0 Å². The molecule has 0 aliphatic carbocycles. The molecule has 1 atom stereocenters. The standard InChI is InChI=1S/C21H17FN2/c22-18-12-11-16-13-20(15-7-3-1-4-8-15)24-21(23,19(16)14-18)17-9-5-2-6-10-17/h1-14,24H,23H2. The van der Waals surface area contributed by atoms with Crippen LogP contribution in [0.2, 0.25) is 0 Å². The molecule has 0 saturated heterocycles. The topological polar surface area (TPSA) is 38.0 Å². The molecular weight excluding hydrogens is 299 g/mol. The van der Waals surface area contributed by atoms with Crippen molar-refractivity contribution >= 4 is 11.8 Å². The van der Waals surface area contributed by atoms with Gasteiger partial charge in [-0.1, -0.05) is 66.7 Å². The summed E-state index contributed by atoms with van der Waals surface area (Å²) in [6, 6.07) is 24.5. The highest BCUT2D eigenvalue weighted by molar-refractivity contribution is 5.85. The van der Waals surface area contributed by atoms with E-state index in [4.69, 9.17) is 5.73 Å². The first-order valence-electron chi connectivity index (χ1n) is 7.86. The highest BCUT2D eigenvalue weighted by Crippen LogP contribution is 2.36. The number of fused-ring (bicyclic) bond motifs is 1. The van der Waals surface area contributed by atoms with Crippen molar-refractivity contribution in [2.24, 2.45) is 5.73 Å². The Labute approximate surface area is 140 Å². The third kappa shape index (κ3) is 2.39. The first kappa shape index (κ1) is 14.7. The average Bonchev–Trinajstić information content (AvgIpc) is 2.64. The number of benzene rings is 3. The van der Waals surface area contributed by atoms with Crippen LogP contribution in [0.4, 0.5) is 4.39 Å². The molecule has 4 rings (SSSR count). The molecule has 3 aromatic rings. The third-order valence-electron chi connectivity index (χ3n) is 4.39. The number of nitrogens with one attached hydrogen (secondary N) is 1. The monoisotopic (exact) mass is 316 g/mol. The summed E-state index contributed by atoms with van der Waals surface area (Å²) in [5.74, 6) is -0.294. The third-order valence-corrected chi connectivity index (χ3v) is 4.39. The lowest BCUT2D eigenvalue weighted by Crippen LogP contribution is -2.52. The van der Waals surface area contributed by atoms with E-state index in [0.29, 0.717) is 0 Å². The van der Waals surface area contributed by atoms with E-state index in [1.165, 1.54) is 12.1 Å². The molecule has 1 unspecified atom stereocenters. The van der Waals surface area contributed by atoms with E-state index in [-0.39, 0.29) is 5.82 Å². The van der Waals surface area contributed by atoms with Crippen molar-refractivity contribution in [3.8, 4) is 0 Å². The van der Waals surface area contributed by atoms with Crippen molar-refractivity contribution in [2.75, 3.05) is 0 Å². The van der Waals surface area contributed by atoms with E-state index in [1.807, 2.05) is 66.7 Å². The number of nitrogens with two attached hydrogens (primary N) is 1. The Bertz CT molecular complexity index is 904. The van der Waals surface area contributed by atoms with Gasteiger partial charge in [-0.25, -0.2) is 4.39 Å². The quantitative estimate of drug-likeness (QED) is 0.747. The summed E-state index contributed by atoms with van der Waals surface area (Å²) in [4.78, 5) is 0. The minimum Gasteiger partial charge on any atom is -0.359 e. The first-order valence-corrected chi connectivity index (χ1v) is 7.86. The fraction of sp³-hybridized carbons (Fsp3) is 0.0476. The van der Waals surface area contributed by atoms with Crippen LogP contribution in [0, 0.1) is 5.82 Å². The molecule has 0 fully saturated rings. The molecular formula is C21H17FN2. The molecule has 0 spiro atoms. The zero-order chi connectivity index (χ0) is 16.6. The summed E-state index contributed by atoms with van der Waals surface area (Å²) in [5.41, 5.74) is 10.3. The van der Waals surface area contributed by atoms with Crippen molar-refractivity contribution in [3.63, 3.8) is 0 Å².